The Balaban J connectivity index is 1.91. The van der Waals surface area contributed by atoms with Gasteiger partial charge in [-0.3, -0.25) is 9.59 Å². The third kappa shape index (κ3) is 3.59. The van der Waals surface area contributed by atoms with E-state index in [2.05, 4.69) is 10.6 Å². The summed E-state index contributed by atoms with van der Waals surface area (Å²) in [6.07, 6.45) is 4.02. The third-order valence-corrected chi connectivity index (χ3v) is 3.88. The smallest absolute Gasteiger partial charge is 0.251 e. The zero-order valence-electron chi connectivity index (χ0n) is 12.1. The third-order valence-electron chi connectivity index (χ3n) is 3.88. The summed E-state index contributed by atoms with van der Waals surface area (Å²) in [6, 6.07) is 7.22. The lowest BCUT2D eigenvalue weighted by Gasteiger charge is -2.24. The van der Waals surface area contributed by atoms with Gasteiger partial charge in [0.25, 0.3) is 5.91 Å². The quantitative estimate of drug-likeness (QED) is 0.867. The van der Waals surface area contributed by atoms with E-state index in [1.807, 2.05) is 13.8 Å². The van der Waals surface area contributed by atoms with E-state index in [1.165, 1.54) is 0 Å². The minimum absolute atomic E-state index is 0.0729. The summed E-state index contributed by atoms with van der Waals surface area (Å²) in [4.78, 5) is 23.7. The molecule has 0 heterocycles. The van der Waals surface area contributed by atoms with Crippen molar-refractivity contribution in [2.75, 3.05) is 5.32 Å². The molecule has 0 saturated heterocycles. The monoisotopic (exact) mass is 274 g/mol. The van der Waals surface area contributed by atoms with Crippen molar-refractivity contribution in [3.8, 4) is 0 Å². The average molecular weight is 274 g/mol. The lowest BCUT2D eigenvalue weighted by Crippen LogP contribution is -2.31. The Kier molecular flexibility index (Phi) is 4.77. The standard InChI is InChI=1S/C16H22N2O2/c1-3-11(2)17-15(19)13-7-9-14(10-8-13)18-16(20)12-5-4-6-12/h7-12H,3-6H2,1-2H3,(H,17,19)(H,18,20). The van der Waals surface area contributed by atoms with Gasteiger partial charge >= 0.3 is 0 Å². The zero-order valence-corrected chi connectivity index (χ0v) is 12.1. The van der Waals surface area contributed by atoms with Gasteiger partial charge in [0.2, 0.25) is 5.91 Å². The van der Waals surface area contributed by atoms with Crippen molar-refractivity contribution in [2.45, 2.75) is 45.6 Å². The fraction of sp³-hybridized carbons (Fsp3) is 0.500. The van der Waals surface area contributed by atoms with Crippen molar-refractivity contribution in [2.24, 2.45) is 5.92 Å². The van der Waals surface area contributed by atoms with Crippen molar-refractivity contribution in [3.05, 3.63) is 29.8 Å². The van der Waals surface area contributed by atoms with Crippen molar-refractivity contribution in [1.82, 2.24) is 5.32 Å². The van der Waals surface area contributed by atoms with Crippen LogP contribution in [-0.2, 0) is 4.79 Å². The molecular weight excluding hydrogens is 252 g/mol. The second-order valence-electron chi connectivity index (χ2n) is 5.48. The Morgan fingerprint density at radius 2 is 1.90 bits per heavy atom. The summed E-state index contributed by atoms with van der Waals surface area (Å²) >= 11 is 0. The number of carbonyl (C=O) groups is 2. The highest BCUT2D eigenvalue weighted by Crippen LogP contribution is 2.27. The molecule has 1 aliphatic rings. The first kappa shape index (κ1) is 14.6. The van der Waals surface area contributed by atoms with Gasteiger partial charge < -0.3 is 10.6 Å². The van der Waals surface area contributed by atoms with Crippen LogP contribution in [0.2, 0.25) is 0 Å². The van der Waals surface area contributed by atoms with Crippen LogP contribution in [0.25, 0.3) is 0 Å². The topological polar surface area (TPSA) is 58.2 Å². The maximum Gasteiger partial charge on any atom is 0.251 e. The summed E-state index contributed by atoms with van der Waals surface area (Å²) in [5.41, 5.74) is 1.37. The molecule has 1 aromatic carbocycles. The lowest BCUT2D eigenvalue weighted by molar-refractivity contribution is -0.122. The van der Waals surface area contributed by atoms with Crippen LogP contribution in [0, 0.1) is 5.92 Å². The first-order chi connectivity index (χ1) is 9.60. The van der Waals surface area contributed by atoms with Crippen LogP contribution < -0.4 is 10.6 Å². The second kappa shape index (κ2) is 6.55. The molecule has 1 unspecified atom stereocenters. The van der Waals surface area contributed by atoms with Gasteiger partial charge in [0.05, 0.1) is 0 Å². The second-order valence-corrected chi connectivity index (χ2v) is 5.48. The van der Waals surface area contributed by atoms with Crippen LogP contribution in [0.4, 0.5) is 5.69 Å². The van der Waals surface area contributed by atoms with Gasteiger partial charge in [-0.25, -0.2) is 0 Å². The van der Waals surface area contributed by atoms with Gasteiger partial charge in [-0.2, -0.15) is 0 Å². The van der Waals surface area contributed by atoms with E-state index in [4.69, 9.17) is 0 Å². The molecule has 20 heavy (non-hydrogen) atoms. The van der Waals surface area contributed by atoms with Crippen molar-refractivity contribution >= 4 is 17.5 Å². The number of anilines is 1. The van der Waals surface area contributed by atoms with Crippen LogP contribution in [0.3, 0.4) is 0 Å². The molecule has 1 aliphatic carbocycles. The first-order valence-corrected chi connectivity index (χ1v) is 7.32. The molecule has 1 fully saturated rings. The van der Waals surface area contributed by atoms with Crippen LogP contribution in [-0.4, -0.2) is 17.9 Å². The number of hydrogen-bond acceptors (Lipinski definition) is 2. The van der Waals surface area contributed by atoms with E-state index in [1.54, 1.807) is 24.3 Å². The summed E-state index contributed by atoms with van der Waals surface area (Å²) in [7, 11) is 0. The number of nitrogens with one attached hydrogen (secondary N) is 2. The number of benzene rings is 1. The first-order valence-electron chi connectivity index (χ1n) is 7.32. The van der Waals surface area contributed by atoms with Gasteiger partial charge in [0, 0.05) is 23.2 Å². The molecule has 2 N–H and O–H groups in total. The number of amides is 2. The molecule has 108 valence electrons. The SMILES string of the molecule is CCC(C)NC(=O)c1ccc(NC(=O)C2CCC2)cc1. The molecule has 1 aromatic rings. The van der Waals surface area contributed by atoms with Crippen molar-refractivity contribution < 1.29 is 9.59 Å². The minimum atomic E-state index is -0.0729. The minimum Gasteiger partial charge on any atom is -0.350 e. The van der Waals surface area contributed by atoms with E-state index < -0.39 is 0 Å². The summed E-state index contributed by atoms with van der Waals surface area (Å²) in [5.74, 6) is 0.188. The molecule has 0 aliphatic heterocycles. The molecule has 0 spiro atoms. The van der Waals surface area contributed by atoms with E-state index >= 15 is 0 Å². The van der Waals surface area contributed by atoms with E-state index in [0.29, 0.717) is 5.56 Å². The van der Waals surface area contributed by atoms with Crippen molar-refractivity contribution in [1.29, 1.82) is 0 Å². The Labute approximate surface area is 119 Å². The maximum absolute atomic E-state index is 11.9. The Morgan fingerprint density at radius 1 is 1.25 bits per heavy atom. The average Bonchev–Trinajstić information content (AvgIpc) is 2.37. The zero-order chi connectivity index (χ0) is 14.5. The molecular formula is C16H22N2O2. The highest BCUT2D eigenvalue weighted by Gasteiger charge is 2.25. The number of hydrogen-bond donors (Lipinski definition) is 2. The summed E-state index contributed by atoms with van der Waals surface area (Å²) in [6.45, 7) is 4.01. The van der Waals surface area contributed by atoms with Crippen LogP contribution in [0.5, 0.6) is 0 Å². The molecule has 0 bridgehead atoms. The van der Waals surface area contributed by atoms with Crippen LogP contribution in [0.1, 0.15) is 49.9 Å². The lowest BCUT2D eigenvalue weighted by atomic mass is 9.85. The van der Waals surface area contributed by atoms with Crippen molar-refractivity contribution in [3.63, 3.8) is 0 Å². The molecule has 0 aromatic heterocycles. The molecule has 0 radical (unpaired) electrons. The van der Waals surface area contributed by atoms with Crippen LogP contribution >= 0.6 is 0 Å². The van der Waals surface area contributed by atoms with Gasteiger partial charge in [-0.15, -0.1) is 0 Å². The predicted octanol–water partition coefficient (Wildman–Crippen LogP) is 2.95. The fourth-order valence-corrected chi connectivity index (χ4v) is 2.03. The van der Waals surface area contributed by atoms with Gasteiger partial charge in [-0.1, -0.05) is 13.3 Å². The van der Waals surface area contributed by atoms with Gasteiger partial charge in [-0.05, 0) is 50.5 Å². The van der Waals surface area contributed by atoms with E-state index in [0.717, 1.165) is 31.4 Å². The van der Waals surface area contributed by atoms with Gasteiger partial charge in [0.1, 0.15) is 0 Å². The molecule has 1 atom stereocenters. The number of carbonyl (C=O) groups excluding carboxylic acids is 2. The number of rotatable bonds is 5. The van der Waals surface area contributed by atoms with Crippen LogP contribution in [0.15, 0.2) is 24.3 Å². The van der Waals surface area contributed by atoms with E-state index in [9.17, 15) is 9.59 Å². The predicted molar refractivity (Wildman–Crippen MR) is 79.6 cm³/mol. The Morgan fingerprint density at radius 3 is 2.40 bits per heavy atom. The highest BCUT2D eigenvalue weighted by atomic mass is 16.2. The normalized spacial score (nSPS) is 16.1. The van der Waals surface area contributed by atoms with Gasteiger partial charge in [0.15, 0.2) is 0 Å². The van der Waals surface area contributed by atoms with E-state index in [-0.39, 0.29) is 23.8 Å². The molecule has 4 heteroatoms. The Bertz CT molecular complexity index is 478. The Hall–Kier alpha value is -1.84. The molecule has 2 rings (SSSR count). The fourth-order valence-electron chi connectivity index (χ4n) is 2.03. The summed E-state index contributed by atoms with van der Waals surface area (Å²) < 4.78 is 0. The molecule has 2 amide bonds. The highest BCUT2D eigenvalue weighted by molar-refractivity contribution is 5.96. The summed E-state index contributed by atoms with van der Waals surface area (Å²) in [5, 5.41) is 5.81. The molecule has 4 nitrogen and oxygen atoms in total. The molecule has 1 saturated carbocycles. The largest absolute Gasteiger partial charge is 0.350 e. The maximum atomic E-state index is 11.9.